The Morgan fingerprint density at radius 2 is 2.10 bits per heavy atom. The van der Waals surface area contributed by atoms with Crippen LogP contribution in [0, 0.1) is 0 Å². The topological polar surface area (TPSA) is 46.5 Å². The van der Waals surface area contributed by atoms with Crippen LogP contribution >= 0.6 is 0 Å². The average Bonchev–Trinajstić information content (AvgIpc) is 2.46. The van der Waals surface area contributed by atoms with Crippen molar-refractivity contribution in [1.82, 2.24) is 0 Å². The number of hydrogen-bond acceptors (Lipinski definition) is 3. The summed E-state index contributed by atoms with van der Waals surface area (Å²) in [5.41, 5.74) is 1.02. The number of ketones is 1. The third-order valence-corrected chi connectivity index (χ3v) is 3.25. The van der Waals surface area contributed by atoms with Gasteiger partial charge in [0.25, 0.3) is 0 Å². The Labute approximate surface area is 121 Å². The molecule has 0 unspecified atom stereocenters. The SMILES string of the molecule is CC=CCCCCC(=O)CCc1ccc(O)c(OC)c1. The quantitative estimate of drug-likeness (QED) is 0.547. The molecular formula is C17H24O3. The van der Waals surface area contributed by atoms with Crippen molar-refractivity contribution in [3.8, 4) is 11.5 Å². The van der Waals surface area contributed by atoms with E-state index in [4.69, 9.17) is 4.74 Å². The van der Waals surface area contributed by atoms with E-state index in [0.29, 0.717) is 30.8 Å². The van der Waals surface area contributed by atoms with Crippen molar-refractivity contribution in [2.45, 2.75) is 45.4 Å². The molecule has 110 valence electrons. The molecule has 0 fully saturated rings. The molecule has 0 heterocycles. The number of hydrogen-bond donors (Lipinski definition) is 1. The highest BCUT2D eigenvalue weighted by Crippen LogP contribution is 2.26. The molecule has 0 amide bonds. The van der Waals surface area contributed by atoms with Gasteiger partial charge in [-0.1, -0.05) is 18.2 Å². The Balaban J connectivity index is 2.30. The predicted molar refractivity (Wildman–Crippen MR) is 81.3 cm³/mol. The summed E-state index contributed by atoms with van der Waals surface area (Å²) in [6.45, 7) is 2.01. The standard InChI is InChI=1S/C17H24O3/c1-3-4-5-6-7-8-15(18)11-9-14-10-12-16(19)17(13-14)20-2/h3-4,10,12-13,19H,5-9,11H2,1-2H3. The third kappa shape index (κ3) is 5.91. The van der Waals surface area contributed by atoms with Crippen molar-refractivity contribution >= 4 is 5.78 Å². The molecule has 0 aromatic heterocycles. The molecule has 1 rings (SSSR count). The minimum absolute atomic E-state index is 0.131. The van der Waals surface area contributed by atoms with E-state index in [1.165, 1.54) is 7.11 Å². The highest BCUT2D eigenvalue weighted by atomic mass is 16.5. The van der Waals surface area contributed by atoms with Crippen LogP contribution in [0.25, 0.3) is 0 Å². The van der Waals surface area contributed by atoms with Crippen molar-refractivity contribution in [1.29, 1.82) is 0 Å². The van der Waals surface area contributed by atoms with E-state index in [1.54, 1.807) is 12.1 Å². The summed E-state index contributed by atoms with van der Waals surface area (Å²) >= 11 is 0. The largest absolute Gasteiger partial charge is 0.504 e. The van der Waals surface area contributed by atoms with E-state index < -0.39 is 0 Å². The lowest BCUT2D eigenvalue weighted by Gasteiger charge is -2.06. The first kappa shape index (κ1) is 16.3. The fourth-order valence-electron chi connectivity index (χ4n) is 2.04. The maximum Gasteiger partial charge on any atom is 0.160 e. The zero-order valence-corrected chi connectivity index (χ0v) is 12.4. The molecule has 3 heteroatoms. The first-order valence-electron chi connectivity index (χ1n) is 7.16. The number of benzene rings is 1. The third-order valence-electron chi connectivity index (χ3n) is 3.25. The molecule has 1 aromatic carbocycles. The molecule has 0 aliphatic heterocycles. The van der Waals surface area contributed by atoms with E-state index in [0.717, 1.165) is 24.8 Å². The van der Waals surface area contributed by atoms with Crippen LogP contribution in [0.1, 0.15) is 44.6 Å². The fourth-order valence-corrected chi connectivity index (χ4v) is 2.04. The monoisotopic (exact) mass is 276 g/mol. The summed E-state index contributed by atoms with van der Waals surface area (Å²) in [5, 5.41) is 9.50. The van der Waals surface area contributed by atoms with E-state index in [9.17, 15) is 9.90 Å². The molecule has 0 aliphatic carbocycles. The second-order valence-electron chi connectivity index (χ2n) is 4.86. The second kappa shape index (κ2) is 9.18. The van der Waals surface area contributed by atoms with Crippen LogP contribution in [0.2, 0.25) is 0 Å². The molecule has 20 heavy (non-hydrogen) atoms. The Hall–Kier alpha value is -1.77. The summed E-state index contributed by atoms with van der Waals surface area (Å²) in [6.07, 6.45) is 9.17. The van der Waals surface area contributed by atoms with Crippen LogP contribution in [0.15, 0.2) is 30.4 Å². The van der Waals surface area contributed by atoms with Gasteiger partial charge in [-0.25, -0.2) is 0 Å². The van der Waals surface area contributed by atoms with Crippen LogP contribution in [0.3, 0.4) is 0 Å². The van der Waals surface area contributed by atoms with Gasteiger partial charge < -0.3 is 9.84 Å². The minimum Gasteiger partial charge on any atom is -0.504 e. The van der Waals surface area contributed by atoms with Gasteiger partial charge in [0, 0.05) is 12.8 Å². The summed E-state index contributed by atoms with van der Waals surface area (Å²) in [4.78, 5) is 11.8. The maximum atomic E-state index is 11.8. The van der Waals surface area contributed by atoms with Gasteiger partial charge in [-0.15, -0.1) is 0 Å². The van der Waals surface area contributed by atoms with Crippen molar-refractivity contribution in [2.75, 3.05) is 7.11 Å². The first-order chi connectivity index (χ1) is 9.67. The van der Waals surface area contributed by atoms with Crippen molar-refractivity contribution in [3.63, 3.8) is 0 Å². The van der Waals surface area contributed by atoms with Crippen molar-refractivity contribution in [3.05, 3.63) is 35.9 Å². The van der Waals surface area contributed by atoms with E-state index in [-0.39, 0.29) is 5.75 Å². The summed E-state index contributed by atoms with van der Waals surface area (Å²) in [7, 11) is 1.52. The zero-order chi connectivity index (χ0) is 14.8. The summed E-state index contributed by atoms with van der Waals surface area (Å²) in [6, 6.07) is 5.22. The first-order valence-corrected chi connectivity index (χ1v) is 7.16. The Morgan fingerprint density at radius 1 is 1.30 bits per heavy atom. The Kier molecular flexibility index (Phi) is 7.48. The number of carbonyl (C=O) groups excluding carboxylic acids is 1. The fraction of sp³-hybridized carbons (Fsp3) is 0.471. The van der Waals surface area contributed by atoms with E-state index in [1.807, 2.05) is 19.1 Å². The van der Waals surface area contributed by atoms with Gasteiger partial charge in [-0.3, -0.25) is 4.79 Å². The van der Waals surface area contributed by atoms with Crippen LogP contribution in [-0.4, -0.2) is 18.0 Å². The van der Waals surface area contributed by atoms with Crippen molar-refractivity contribution in [2.24, 2.45) is 0 Å². The van der Waals surface area contributed by atoms with Gasteiger partial charge in [0.1, 0.15) is 5.78 Å². The second-order valence-corrected chi connectivity index (χ2v) is 4.86. The normalized spacial score (nSPS) is 10.9. The molecule has 0 spiro atoms. The van der Waals surface area contributed by atoms with Crippen molar-refractivity contribution < 1.29 is 14.6 Å². The number of ether oxygens (including phenoxy) is 1. The number of aromatic hydroxyl groups is 1. The predicted octanol–water partition coefficient (Wildman–Crippen LogP) is 4.04. The van der Waals surface area contributed by atoms with Crippen LogP contribution in [0.5, 0.6) is 11.5 Å². The van der Waals surface area contributed by atoms with Gasteiger partial charge in [-0.05, 0) is 50.3 Å². The number of aryl methyl sites for hydroxylation is 1. The molecule has 1 aromatic rings. The number of carbonyl (C=O) groups is 1. The van der Waals surface area contributed by atoms with Crippen LogP contribution < -0.4 is 4.74 Å². The van der Waals surface area contributed by atoms with Gasteiger partial charge in [-0.2, -0.15) is 0 Å². The van der Waals surface area contributed by atoms with Gasteiger partial charge in [0.2, 0.25) is 0 Å². The molecule has 0 radical (unpaired) electrons. The Morgan fingerprint density at radius 3 is 2.80 bits per heavy atom. The number of phenols is 1. The molecule has 0 saturated carbocycles. The minimum atomic E-state index is 0.131. The zero-order valence-electron chi connectivity index (χ0n) is 12.4. The maximum absolute atomic E-state index is 11.8. The van der Waals surface area contributed by atoms with E-state index in [2.05, 4.69) is 6.08 Å². The van der Waals surface area contributed by atoms with Crippen LogP contribution in [-0.2, 0) is 11.2 Å². The molecule has 3 nitrogen and oxygen atoms in total. The molecule has 0 bridgehead atoms. The smallest absolute Gasteiger partial charge is 0.160 e. The molecule has 0 atom stereocenters. The lowest BCUT2D eigenvalue weighted by molar-refractivity contribution is -0.119. The molecule has 0 saturated heterocycles. The number of allylic oxidation sites excluding steroid dienone is 2. The highest BCUT2D eigenvalue weighted by molar-refractivity contribution is 5.78. The molecule has 0 aliphatic rings. The lowest BCUT2D eigenvalue weighted by atomic mass is 10.0. The number of methoxy groups -OCH3 is 1. The molecular weight excluding hydrogens is 252 g/mol. The van der Waals surface area contributed by atoms with Crippen LogP contribution in [0.4, 0.5) is 0 Å². The summed E-state index contributed by atoms with van der Waals surface area (Å²) < 4.78 is 5.05. The average molecular weight is 276 g/mol. The molecule has 1 N–H and O–H groups in total. The van der Waals surface area contributed by atoms with Gasteiger partial charge >= 0.3 is 0 Å². The number of unbranched alkanes of at least 4 members (excludes halogenated alkanes) is 2. The Bertz CT molecular complexity index is 450. The number of Topliss-reactive ketones (excluding diaryl/α,β-unsaturated/α-hetero) is 1. The van der Waals surface area contributed by atoms with Gasteiger partial charge in [0.15, 0.2) is 11.5 Å². The number of rotatable bonds is 9. The summed E-state index contributed by atoms with van der Waals surface area (Å²) in [5.74, 6) is 0.894. The number of phenolic OH excluding ortho intramolecular Hbond substituents is 1. The van der Waals surface area contributed by atoms with Gasteiger partial charge in [0.05, 0.1) is 7.11 Å². The van der Waals surface area contributed by atoms with E-state index >= 15 is 0 Å². The highest BCUT2D eigenvalue weighted by Gasteiger charge is 2.06. The lowest BCUT2D eigenvalue weighted by Crippen LogP contribution is -2.00.